The normalized spacial score (nSPS) is 29.2. The molecule has 2 aliphatic heterocycles. The summed E-state index contributed by atoms with van der Waals surface area (Å²) in [6.45, 7) is 0.903. The molecule has 2 aliphatic rings. The molecule has 0 aromatic heterocycles. The van der Waals surface area contributed by atoms with Gasteiger partial charge in [0.1, 0.15) is 0 Å². The number of aliphatic hydroxyl groups excluding tert-OH is 1. The van der Waals surface area contributed by atoms with Crippen molar-refractivity contribution in [1.29, 1.82) is 0 Å². The van der Waals surface area contributed by atoms with Gasteiger partial charge >= 0.3 is 5.97 Å². The highest BCUT2D eigenvalue weighted by atomic mass is 16.5. The zero-order valence-corrected chi connectivity index (χ0v) is 12.0. The van der Waals surface area contributed by atoms with Gasteiger partial charge in [-0.15, -0.1) is 0 Å². The Bertz CT molecular complexity index is 347. The first-order chi connectivity index (χ1) is 9.60. The molecule has 0 saturated carbocycles. The zero-order valence-electron chi connectivity index (χ0n) is 12.0. The Labute approximate surface area is 119 Å². The van der Waals surface area contributed by atoms with Crippen LogP contribution < -0.4 is 5.32 Å². The topological polar surface area (TPSA) is 78.9 Å². The van der Waals surface area contributed by atoms with E-state index in [1.165, 1.54) is 7.11 Å². The summed E-state index contributed by atoms with van der Waals surface area (Å²) in [5, 5.41) is 12.6. The van der Waals surface area contributed by atoms with Crippen LogP contribution in [0.25, 0.3) is 0 Å². The van der Waals surface area contributed by atoms with E-state index < -0.39 is 0 Å². The lowest BCUT2D eigenvalue weighted by molar-refractivity contribution is -0.140. The summed E-state index contributed by atoms with van der Waals surface area (Å²) in [4.78, 5) is 25.1. The summed E-state index contributed by atoms with van der Waals surface area (Å²) in [7, 11) is 1.36. The molecule has 2 rings (SSSR count). The van der Waals surface area contributed by atoms with E-state index in [1.807, 2.05) is 0 Å². The summed E-state index contributed by atoms with van der Waals surface area (Å²) >= 11 is 0. The van der Waals surface area contributed by atoms with Gasteiger partial charge in [0, 0.05) is 25.0 Å². The van der Waals surface area contributed by atoms with E-state index in [0.717, 1.165) is 25.7 Å². The molecule has 0 radical (unpaired) electrons. The van der Waals surface area contributed by atoms with Gasteiger partial charge in [-0.05, 0) is 32.1 Å². The predicted octanol–water partition coefficient (Wildman–Crippen LogP) is 0.0435. The largest absolute Gasteiger partial charge is 0.469 e. The number of amides is 1. The summed E-state index contributed by atoms with van der Waals surface area (Å²) in [5.74, 6) is -0.245. The first-order valence-corrected chi connectivity index (χ1v) is 7.37. The van der Waals surface area contributed by atoms with E-state index in [-0.39, 0.29) is 18.0 Å². The van der Waals surface area contributed by atoms with Crippen molar-refractivity contribution in [2.24, 2.45) is 0 Å². The van der Waals surface area contributed by atoms with E-state index in [2.05, 4.69) is 15.0 Å². The lowest BCUT2D eigenvalue weighted by atomic mass is 10.00. The number of rotatable bonds is 6. The van der Waals surface area contributed by atoms with Gasteiger partial charge in [-0.1, -0.05) is 0 Å². The Kier molecular flexibility index (Phi) is 5.37. The van der Waals surface area contributed by atoms with Gasteiger partial charge in [0.05, 0.1) is 19.8 Å². The van der Waals surface area contributed by atoms with Crippen LogP contribution in [-0.2, 0) is 14.3 Å². The molecule has 2 fully saturated rings. The van der Waals surface area contributed by atoms with Crippen molar-refractivity contribution in [3.63, 3.8) is 0 Å². The molecule has 1 amide bonds. The van der Waals surface area contributed by atoms with Crippen molar-refractivity contribution in [2.75, 3.05) is 20.2 Å². The molecule has 2 N–H and O–H groups in total. The molecule has 114 valence electrons. The first kappa shape index (κ1) is 15.3. The molecule has 2 saturated heterocycles. The third kappa shape index (κ3) is 3.93. The number of esters is 1. The Balaban J connectivity index is 1.66. The smallest absolute Gasteiger partial charge is 0.305 e. The number of aliphatic hydroxyl groups is 1. The first-order valence-electron chi connectivity index (χ1n) is 7.37. The highest BCUT2D eigenvalue weighted by molar-refractivity contribution is 5.78. The van der Waals surface area contributed by atoms with Crippen molar-refractivity contribution in [2.45, 2.75) is 56.7 Å². The average Bonchev–Trinajstić information content (AvgIpc) is 2.66. The van der Waals surface area contributed by atoms with Crippen LogP contribution in [0.15, 0.2) is 0 Å². The van der Waals surface area contributed by atoms with Crippen LogP contribution in [0.1, 0.15) is 38.5 Å². The Morgan fingerprint density at radius 3 is 2.55 bits per heavy atom. The van der Waals surface area contributed by atoms with E-state index in [4.69, 9.17) is 0 Å². The van der Waals surface area contributed by atoms with Crippen molar-refractivity contribution in [1.82, 2.24) is 10.2 Å². The quantitative estimate of drug-likeness (QED) is 0.532. The van der Waals surface area contributed by atoms with E-state index >= 15 is 0 Å². The maximum absolute atomic E-state index is 11.9. The Hall–Kier alpha value is -1.14. The van der Waals surface area contributed by atoms with E-state index in [1.54, 1.807) is 0 Å². The van der Waals surface area contributed by atoms with Gasteiger partial charge in [0.25, 0.3) is 0 Å². The standard InChI is InChI=1S/C14H24N2O4/c1-20-14(19)3-2-6-15-13(18)9-16-10-4-5-11(16)8-12(17)7-10/h10-12,17H,2-9H2,1H3,(H,15,18). The van der Waals surface area contributed by atoms with Crippen molar-refractivity contribution < 1.29 is 19.4 Å². The molecular formula is C14H24N2O4. The lowest BCUT2D eigenvalue weighted by Gasteiger charge is -2.36. The number of piperidine rings is 1. The van der Waals surface area contributed by atoms with Crippen LogP contribution >= 0.6 is 0 Å². The molecule has 6 heteroatoms. The second-order valence-electron chi connectivity index (χ2n) is 5.71. The van der Waals surface area contributed by atoms with Gasteiger partial charge in [-0.3, -0.25) is 14.5 Å². The Morgan fingerprint density at radius 1 is 1.30 bits per heavy atom. The third-order valence-corrected chi connectivity index (χ3v) is 4.29. The monoisotopic (exact) mass is 284 g/mol. The molecule has 0 aliphatic carbocycles. The second-order valence-corrected chi connectivity index (χ2v) is 5.71. The number of ether oxygens (including phenoxy) is 1. The third-order valence-electron chi connectivity index (χ3n) is 4.29. The molecule has 0 aromatic rings. The number of carbonyl (C=O) groups excluding carboxylic acids is 2. The fourth-order valence-corrected chi connectivity index (χ4v) is 3.29. The maximum atomic E-state index is 11.9. The number of fused-ring (bicyclic) bond motifs is 2. The van der Waals surface area contributed by atoms with Gasteiger partial charge in [0.15, 0.2) is 0 Å². The minimum absolute atomic E-state index is 0.00292. The fraction of sp³-hybridized carbons (Fsp3) is 0.857. The molecule has 0 aromatic carbocycles. The number of hydrogen-bond donors (Lipinski definition) is 2. The SMILES string of the molecule is COC(=O)CCCNC(=O)CN1C2CCC1CC(O)C2. The van der Waals surface area contributed by atoms with Gasteiger partial charge < -0.3 is 15.2 Å². The molecule has 0 spiro atoms. The Morgan fingerprint density at radius 2 is 1.95 bits per heavy atom. The molecular weight excluding hydrogens is 260 g/mol. The fourth-order valence-electron chi connectivity index (χ4n) is 3.29. The van der Waals surface area contributed by atoms with Crippen LogP contribution in [0, 0.1) is 0 Å². The molecule has 2 heterocycles. The minimum atomic E-state index is -0.248. The van der Waals surface area contributed by atoms with Crippen LogP contribution in [0.3, 0.4) is 0 Å². The summed E-state index contributed by atoms with van der Waals surface area (Å²) in [5.41, 5.74) is 0. The van der Waals surface area contributed by atoms with Crippen LogP contribution in [0.2, 0.25) is 0 Å². The molecule has 2 unspecified atom stereocenters. The number of nitrogens with one attached hydrogen (secondary N) is 1. The number of nitrogens with zero attached hydrogens (tertiary/aromatic N) is 1. The molecule has 2 atom stereocenters. The molecule has 2 bridgehead atoms. The van der Waals surface area contributed by atoms with Crippen molar-refractivity contribution in [3.8, 4) is 0 Å². The molecule has 6 nitrogen and oxygen atoms in total. The highest BCUT2D eigenvalue weighted by Gasteiger charge is 2.40. The van der Waals surface area contributed by atoms with Crippen molar-refractivity contribution in [3.05, 3.63) is 0 Å². The summed E-state index contributed by atoms with van der Waals surface area (Å²) < 4.78 is 4.54. The van der Waals surface area contributed by atoms with Crippen LogP contribution in [0.4, 0.5) is 0 Å². The van der Waals surface area contributed by atoms with Crippen molar-refractivity contribution >= 4 is 11.9 Å². The summed E-state index contributed by atoms with van der Waals surface area (Å²) in [6.07, 6.45) is 4.46. The second kappa shape index (κ2) is 7.04. The van der Waals surface area contributed by atoms with Gasteiger partial charge in [0.2, 0.25) is 5.91 Å². The van der Waals surface area contributed by atoms with E-state index in [0.29, 0.717) is 38.0 Å². The average molecular weight is 284 g/mol. The van der Waals surface area contributed by atoms with Crippen LogP contribution in [-0.4, -0.2) is 60.3 Å². The van der Waals surface area contributed by atoms with E-state index in [9.17, 15) is 14.7 Å². The van der Waals surface area contributed by atoms with Gasteiger partial charge in [-0.25, -0.2) is 0 Å². The number of carbonyl (C=O) groups is 2. The summed E-state index contributed by atoms with van der Waals surface area (Å²) in [6, 6.07) is 0.703. The number of methoxy groups -OCH3 is 1. The minimum Gasteiger partial charge on any atom is -0.469 e. The highest BCUT2D eigenvalue weighted by Crippen LogP contribution is 2.35. The maximum Gasteiger partial charge on any atom is 0.305 e. The van der Waals surface area contributed by atoms with Crippen LogP contribution in [0.5, 0.6) is 0 Å². The zero-order chi connectivity index (χ0) is 14.5. The molecule has 20 heavy (non-hydrogen) atoms. The lowest BCUT2D eigenvalue weighted by Crippen LogP contribution is -2.49. The van der Waals surface area contributed by atoms with Gasteiger partial charge in [-0.2, -0.15) is 0 Å². The predicted molar refractivity (Wildman–Crippen MR) is 73.0 cm³/mol. The number of hydrogen-bond acceptors (Lipinski definition) is 5.